The average molecular weight is 282 g/mol. The lowest BCUT2D eigenvalue weighted by atomic mass is 9.87. The van der Waals surface area contributed by atoms with Crippen molar-refractivity contribution < 1.29 is 9.90 Å². The number of carbonyl (C=O) groups is 1. The Morgan fingerprint density at radius 1 is 0.905 bits per heavy atom. The average Bonchev–Trinajstić information content (AvgIpc) is 2.55. The van der Waals surface area contributed by atoms with Crippen LogP contribution in [0.2, 0.25) is 0 Å². The predicted molar refractivity (Wildman–Crippen MR) is 85.3 cm³/mol. The van der Waals surface area contributed by atoms with Gasteiger partial charge < -0.3 is 5.11 Å². The van der Waals surface area contributed by atoms with Crippen molar-refractivity contribution in [3.63, 3.8) is 0 Å². The number of hydrogen-bond acceptors (Lipinski definition) is 2. The molecule has 1 atom stereocenters. The van der Waals surface area contributed by atoms with Gasteiger partial charge in [0.1, 0.15) is 0 Å². The van der Waals surface area contributed by atoms with E-state index in [0.717, 1.165) is 31.2 Å². The summed E-state index contributed by atoms with van der Waals surface area (Å²) < 4.78 is 0. The van der Waals surface area contributed by atoms with Gasteiger partial charge in [0.2, 0.25) is 0 Å². The molecule has 0 aliphatic carbocycles. The van der Waals surface area contributed by atoms with Crippen LogP contribution in [0, 0.1) is 5.92 Å². The summed E-state index contributed by atoms with van der Waals surface area (Å²) in [5, 5.41) is 8.94. The molecular formula is C19H22O2. The van der Waals surface area contributed by atoms with Crippen molar-refractivity contribution in [1.29, 1.82) is 0 Å². The molecule has 2 nitrogen and oxygen atoms in total. The fraction of sp³-hybridized carbons (Fsp3) is 0.316. The number of ketones is 1. The highest BCUT2D eigenvalue weighted by molar-refractivity contribution is 5.97. The zero-order chi connectivity index (χ0) is 14.9. The zero-order valence-electron chi connectivity index (χ0n) is 12.2. The van der Waals surface area contributed by atoms with Gasteiger partial charge >= 0.3 is 0 Å². The Kier molecular flexibility index (Phi) is 6.17. The highest BCUT2D eigenvalue weighted by atomic mass is 16.2. The molecule has 110 valence electrons. The molecule has 1 N–H and O–H groups in total. The number of benzene rings is 2. The summed E-state index contributed by atoms with van der Waals surface area (Å²) in [6, 6.07) is 19.6. The van der Waals surface area contributed by atoms with E-state index in [1.807, 2.05) is 48.5 Å². The first-order chi connectivity index (χ1) is 10.3. The van der Waals surface area contributed by atoms with E-state index in [9.17, 15) is 4.79 Å². The van der Waals surface area contributed by atoms with Crippen molar-refractivity contribution in [2.24, 2.45) is 5.92 Å². The van der Waals surface area contributed by atoms with Crippen LogP contribution in [0.25, 0.3) is 0 Å². The third kappa shape index (κ3) is 4.83. The molecule has 0 aliphatic heterocycles. The quantitative estimate of drug-likeness (QED) is 0.589. The minimum Gasteiger partial charge on any atom is -0.396 e. The molecule has 0 aromatic heterocycles. The third-order valence-electron chi connectivity index (χ3n) is 3.71. The van der Waals surface area contributed by atoms with E-state index in [4.69, 9.17) is 5.11 Å². The van der Waals surface area contributed by atoms with Gasteiger partial charge in [-0.2, -0.15) is 0 Å². The van der Waals surface area contributed by atoms with E-state index in [0.29, 0.717) is 0 Å². The van der Waals surface area contributed by atoms with Crippen LogP contribution in [0.4, 0.5) is 0 Å². The topological polar surface area (TPSA) is 37.3 Å². The minimum atomic E-state index is -0.0126. The van der Waals surface area contributed by atoms with Gasteiger partial charge in [-0.25, -0.2) is 0 Å². The normalized spacial score (nSPS) is 12.0. The van der Waals surface area contributed by atoms with Gasteiger partial charge in [-0.15, -0.1) is 0 Å². The zero-order valence-corrected chi connectivity index (χ0v) is 12.2. The fourth-order valence-corrected chi connectivity index (χ4v) is 2.57. The van der Waals surface area contributed by atoms with Gasteiger partial charge in [0, 0.05) is 18.1 Å². The molecule has 1 unspecified atom stereocenters. The maximum Gasteiger partial charge on any atom is 0.166 e. The highest BCUT2D eigenvalue weighted by Crippen LogP contribution is 2.20. The Bertz CT molecular complexity index is 534. The Labute approximate surface area is 126 Å². The summed E-state index contributed by atoms with van der Waals surface area (Å²) in [4.78, 5) is 12.7. The number of rotatable bonds is 8. The van der Waals surface area contributed by atoms with Crippen LogP contribution in [0.3, 0.4) is 0 Å². The molecule has 0 saturated carbocycles. The lowest BCUT2D eigenvalue weighted by molar-refractivity contribution is 0.0909. The lowest BCUT2D eigenvalue weighted by Gasteiger charge is -2.16. The fourth-order valence-electron chi connectivity index (χ4n) is 2.57. The lowest BCUT2D eigenvalue weighted by Crippen LogP contribution is -2.17. The molecule has 0 bridgehead atoms. The SMILES string of the molecule is O=C(c1ccccc1)C(CCCCO)Cc1ccccc1. The summed E-state index contributed by atoms with van der Waals surface area (Å²) >= 11 is 0. The number of Topliss-reactive ketones (excluding diaryl/α,β-unsaturated/α-hetero) is 1. The number of aliphatic hydroxyl groups excluding tert-OH is 1. The summed E-state index contributed by atoms with van der Waals surface area (Å²) in [5.74, 6) is 0.193. The van der Waals surface area contributed by atoms with Gasteiger partial charge in [0.25, 0.3) is 0 Å². The first-order valence-corrected chi connectivity index (χ1v) is 7.55. The monoisotopic (exact) mass is 282 g/mol. The number of aliphatic hydroxyl groups is 1. The van der Waals surface area contributed by atoms with E-state index < -0.39 is 0 Å². The van der Waals surface area contributed by atoms with Crippen molar-refractivity contribution in [3.05, 3.63) is 71.8 Å². The first kappa shape index (κ1) is 15.5. The van der Waals surface area contributed by atoms with Crippen molar-refractivity contribution in [1.82, 2.24) is 0 Å². The van der Waals surface area contributed by atoms with Crippen LogP contribution in [0.15, 0.2) is 60.7 Å². The van der Waals surface area contributed by atoms with Crippen molar-refractivity contribution in [2.75, 3.05) is 6.61 Å². The standard InChI is InChI=1S/C19H22O2/c20-14-8-7-13-18(15-16-9-3-1-4-10-16)19(21)17-11-5-2-6-12-17/h1-6,9-12,18,20H,7-8,13-15H2. The molecule has 21 heavy (non-hydrogen) atoms. The summed E-state index contributed by atoms with van der Waals surface area (Å²) in [5.41, 5.74) is 1.97. The van der Waals surface area contributed by atoms with E-state index in [1.165, 1.54) is 5.56 Å². The highest BCUT2D eigenvalue weighted by Gasteiger charge is 2.19. The summed E-state index contributed by atoms with van der Waals surface area (Å²) in [7, 11) is 0. The largest absolute Gasteiger partial charge is 0.396 e. The number of hydrogen-bond donors (Lipinski definition) is 1. The second kappa shape index (κ2) is 8.38. The molecule has 2 aromatic carbocycles. The maximum absolute atomic E-state index is 12.7. The van der Waals surface area contributed by atoms with Crippen molar-refractivity contribution in [3.8, 4) is 0 Å². The van der Waals surface area contributed by atoms with Crippen LogP contribution in [-0.4, -0.2) is 17.5 Å². The molecule has 0 amide bonds. The van der Waals surface area contributed by atoms with E-state index in [-0.39, 0.29) is 18.3 Å². The van der Waals surface area contributed by atoms with Crippen LogP contribution >= 0.6 is 0 Å². The van der Waals surface area contributed by atoms with Gasteiger partial charge in [-0.3, -0.25) is 4.79 Å². The second-order valence-electron chi connectivity index (χ2n) is 5.34. The smallest absolute Gasteiger partial charge is 0.166 e. The van der Waals surface area contributed by atoms with Gasteiger partial charge in [0.05, 0.1) is 0 Å². The molecule has 0 aliphatic rings. The molecule has 0 fully saturated rings. The summed E-state index contributed by atoms with van der Waals surface area (Å²) in [6.07, 6.45) is 3.23. The Morgan fingerprint density at radius 3 is 2.14 bits per heavy atom. The van der Waals surface area contributed by atoms with Crippen LogP contribution in [0.1, 0.15) is 35.2 Å². The molecule has 2 heteroatoms. The molecule has 2 rings (SSSR count). The molecule has 0 heterocycles. The molecule has 0 saturated heterocycles. The molecular weight excluding hydrogens is 260 g/mol. The van der Waals surface area contributed by atoms with E-state index in [1.54, 1.807) is 0 Å². The predicted octanol–water partition coefficient (Wildman–Crippen LogP) is 3.89. The van der Waals surface area contributed by atoms with Crippen LogP contribution < -0.4 is 0 Å². The van der Waals surface area contributed by atoms with E-state index >= 15 is 0 Å². The van der Waals surface area contributed by atoms with Crippen molar-refractivity contribution >= 4 is 5.78 Å². The molecule has 2 aromatic rings. The Morgan fingerprint density at radius 2 is 1.52 bits per heavy atom. The Balaban J connectivity index is 2.09. The maximum atomic E-state index is 12.7. The molecule has 0 spiro atoms. The number of unbranched alkanes of at least 4 members (excludes halogenated alkanes) is 1. The van der Waals surface area contributed by atoms with Crippen molar-refractivity contribution in [2.45, 2.75) is 25.7 Å². The number of carbonyl (C=O) groups excluding carboxylic acids is 1. The van der Waals surface area contributed by atoms with Crippen LogP contribution in [0.5, 0.6) is 0 Å². The van der Waals surface area contributed by atoms with Gasteiger partial charge in [0.15, 0.2) is 5.78 Å². The second-order valence-corrected chi connectivity index (χ2v) is 5.34. The van der Waals surface area contributed by atoms with Crippen LogP contribution in [-0.2, 0) is 6.42 Å². The van der Waals surface area contributed by atoms with Gasteiger partial charge in [-0.05, 0) is 24.8 Å². The Hall–Kier alpha value is -1.93. The molecule has 0 radical (unpaired) electrons. The minimum absolute atomic E-state index is 0.0126. The first-order valence-electron chi connectivity index (χ1n) is 7.55. The third-order valence-corrected chi connectivity index (χ3v) is 3.71. The van der Waals surface area contributed by atoms with E-state index in [2.05, 4.69) is 12.1 Å². The van der Waals surface area contributed by atoms with Gasteiger partial charge in [-0.1, -0.05) is 67.1 Å². The summed E-state index contributed by atoms with van der Waals surface area (Å²) in [6.45, 7) is 0.192.